The molecule has 3 nitrogen and oxygen atoms in total. The van der Waals surface area contributed by atoms with Crippen molar-refractivity contribution in [3.63, 3.8) is 0 Å². The average Bonchev–Trinajstić information content (AvgIpc) is 2.39. The third-order valence-electron chi connectivity index (χ3n) is 3.38. The summed E-state index contributed by atoms with van der Waals surface area (Å²) in [6, 6.07) is 2.23. The molecule has 0 radical (unpaired) electrons. The fourth-order valence-electron chi connectivity index (χ4n) is 2.31. The zero-order valence-electron chi connectivity index (χ0n) is 10.6. The molecule has 1 fully saturated rings. The smallest absolute Gasteiger partial charge is 0.131 e. The number of piperazine rings is 1. The molecule has 2 rings (SSSR count). The van der Waals surface area contributed by atoms with Crippen molar-refractivity contribution in [2.45, 2.75) is 19.2 Å². The molecule has 0 N–H and O–H groups in total. The van der Waals surface area contributed by atoms with Crippen LogP contribution in [0.1, 0.15) is 18.1 Å². The van der Waals surface area contributed by atoms with E-state index in [4.69, 9.17) is 0 Å². The first-order chi connectivity index (χ1) is 8.24. The second-order valence-electron chi connectivity index (χ2n) is 4.54. The molecule has 0 unspecified atom stereocenters. The Balaban J connectivity index is 2.08. The number of alkyl halides is 1. The summed E-state index contributed by atoms with van der Waals surface area (Å²) in [7, 11) is 0. The number of hydrogen-bond acceptors (Lipinski definition) is 3. The molecule has 1 aromatic heterocycles. The van der Waals surface area contributed by atoms with Crippen LogP contribution in [-0.4, -0.2) is 42.6 Å². The first kappa shape index (κ1) is 12.8. The minimum Gasteiger partial charge on any atom is -0.354 e. The summed E-state index contributed by atoms with van der Waals surface area (Å²) >= 11 is 3.47. The van der Waals surface area contributed by atoms with Gasteiger partial charge in [0.15, 0.2) is 0 Å². The highest BCUT2D eigenvalue weighted by atomic mass is 79.9. The highest BCUT2D eigenvalue weighted by molar-refractivity contribution is 9.08. The molecular formula is C13H20BrN3. The third kappa shape index (κ3) is 2.99. The molecule has 17 heavy (non-hydrogen) atoms. The molecule has 0 aromatic carbocycles. The number of nitrogens with zero attached hydrogens (tertiary/aromatic N) is 3. The van der Waals surface area contributed by atoms with Gasteiger partial charge < -0.3 is 9.80 Å². The highest BCUT2D eigenvalue weighted by Gasteiger charge is 2.18. The molecule has 4 heteroatoms. The van der Waals surface area contributed by atoms with Gasteiger partial charge in [-0.15, -0.1) is 0 Å². The van der Waals surface area contributed by atoms with Crippen LogP contribution in [-0.2, 0) is 5.33 Å². The van der Waals surface area contributed by atoms with Crippen LogP contribution in [0.2, 0.25) is 0 Å². The summed E-state index contributed by atoms with van der Waals surface area (Å²) in [5, 5.41) is 0.880. The van der Waals surface area contributed by atoms with Crippen LogP contribution in [0.15, 0.2) is 12.3 Å². The molecular weight excluding hydrogens is 278 g/mol. The van der Waals surface area contributed by atoms with E-state index >= 15 is 0 Å². The normalized spacial score (nSPS) is 17.5. The Labute approximate surface area is 112 Å². The molecule has 94 valence electrons. The Morgan fingerprint density at radius 1 is 1.29 bits per heavy atom. The molecule has 0 aliphatic carbocycles. The van der Waals surface area contributed by atoms with Crippen LogP contribution in [0.5, 0.6) is 0 Å². The molecule has 0 spiro atoms. The Morgan fingerprint density at radius 3 is 2.53 bits per heavy atom. The predicted octanol–water partition coefficient (Wildman–Crippen LogP) is 2.43. The summed E-state index contributed by atoms with van der Waals surface area (Å²) in [6.07, 6.45) is 1.98. The van der Waals surface area contributed by atoms with Gasteiger partial charge in [-0.3, -0.25) is 0 Å². The number of aromatic nitrogens is 1. The van der Waals surface area contributed by atoms with Crippen LogP contribution in [0.4, 0.5) is 5.82 Å². The monoisotopic (exact) mass is 297 g/mol. The Bertz CT molecular complexity index is 373. The first-order valence-electron chi connectivity index (χ1n) is 6.23. The van der Waals surface area contributed by atoms with Crippen molar-refractivity contribution in [1.29, 1.82) is 0 Å². The third-order valence-corrected chi connectivity index (χ3v) is 4.03. The fourth-order valence-corrected chi connectivity index (χ4v) is 2.61. The van der Waals surface area contributed by atoms with Gasteiger partial charge in [-0.2, -0.15) is 0 Å². The number of aryl methyl sites for hydroxylation is 1. The lowest BCUT2D eigenvalue weighted by molar-refractivity contribution is 0.270. The zero-order valence-corrected chi connectivity index (χ0v) is 12.2. The van der Waals surface area contributed by atoms with E-state index in [0.717, 1.165) is 43.9 Å². The molecule has 1 aromatic rings. The maximum atomic E-state index is 4.60. The maximum Gasteiger partial charge on any atom is 0.131 e. The lowest BCUT2D eigenvalue weighted by Crippen LogP contribution is -2.46. The zero-order chi connectivity index (χ0) is 12.3. The minimum absolute atomic E-state index is 0.880. The first-order valence-corrected chi connectivity index (χ1v) is 7.35. The highest BCUT2D eigenvalue weighted by Crippen LogP contribution is 2.20. The van der Waals surface area contributed by atoms with E-state index in [1.165, 1.54) is 11.1 Å². The molecule has 1 aliphatic rings. The average molecular weight is 298 g/mol. The van der Waals surface area contributed by atoms with Crippen LogP contribution in [0, 0.1) is 6.92 Å². The largest absolute Gasteiger partial charge is 0.354 e. The molecule has 2 heterocycles. The van der Waals surface area contributed by atoms with Gasteiger partial charge in [-0.05, 0) is 24.6 Å². The molecule has 0 bridgehead atoms. The number of halogens is 1. The summed E-state index contributed by atoms with van der Waals surface area (Å²) in [4.78, 5) is 9.49. The molecule has 0 saturated carbocycles. The molecule has 0 atom stereocenters. The minimum atomic E-state index is 0.880. The SMILES string of the molecule is CCN1CCN(c2ncc(CBr)cc2C)CC1. The van der Waals surface area contributed by atoms with Crippen LogP contribution in [0.25, 0.3) is 0 Å². The Kier molecular flexibility index (Phi) is 4.40. The van der Waals surface area contributed by atoms with Crippen molar-refractivity contribution in [2.24, 2.45) is 0 Å². The maximum absolute atomic E-state index is 4.60. The second-order valence-corrected chi connectivity index (χ2v) is 5.10. The Hall–Kier alpha value is -0.610. The quantitative estimate of drug-likeness (QED) is 0.799. The van der Waals surface area contributed by atoms with Crippen molar-refractivity contribution >= 4 is 21.7 Å². The van der Waals surface area contributed by atoms with E-state index < -0.39 is 0 Å². The van der Waals surface area contributed by atoms with Gasteiger partial charge in [0, 0.05) is 37.7 Å². The van der Waals surface area contributed by atoms with Crippen molar-refractivity contribution in [1.82, 2.24) is 9.88 Å². The van der Waals surface area contributed by atoms with Crippen LogP contribution in [0.3, 0.4) is 0 Å². The van der Waals surface area contributed by atoms with Crippen molar-refractivity contribution in [3.05, 3.63) is 23.4 Å². The van der Waals surface area contributed by atoms with E-state index in [2.05, 4.69) is 50.6 Å². The summed E-state index contributed by atoms with van der Waals surface area (Å²) in [5.41, 5.74) is 2.53. The van der Waals surface area contributed by atoms with Gasteiger partial charge in [0.2, 0.25) is 0 Å². The predicted molar refractivity (Wildman–Crippen MR) is 75.9 cm³/mol. The number of anilines is 1. The van der Waals surface area contributed by atoms with E-state index in [1.54, 1.807) is 0 Å². The van der Waals surface area contributed by atoms with E-state index in [9.17, 15) is 0 Å². The fraction of sp³-hybridized carbons (Fsp3) is 0.615. The number of pyridine rings is 1. The van der Waals surface area contributed by atoms with Crippen molar-refractivity contribution in [2.75, 3.05) is 37.6 Å². The van der Waals surface area contributed by atoms with Crippen molar-refractivity contribution in [3.8, 4) is 0 Å². The van der Waals surface area contributed by atoms with E-state index in [-0.39, 0.29) is 0 Å². The molecule has 0 amide bonds. The van der Waals surface area contributed by atoms with Gasteiger partial charge in [0.25, 0.3) is 0 Å². The number of hydrogen-bond donors (Lipinski definition) is 0. The van der Waals surface area contributed by atoms with Crippen LogP contribution >= 0.6 is 15.9 Å². The molecule has 1 saturated heterocycles. The Morgan fingerprint density at radius 2 is 2.00 bits per heavy atom. The van der Waals surface area contributed by atoms with Crippen molar-refractivity contribution < 1.29 is 0 Å². The van der Waals surface area contributed by atoms with Gasteiger partial charge in [-0.25, -0.2) is 4.98 Å². The van der Waals surface area contributed by atoms with Crippen LogP contribution < -0.4 is 4.90 Å². The lowest BCUT2D eigenvalue weighted by atomic mass is 10.2. The van der Waals surface area contributed by atoms with Gasteiger partial charge in [0.05, 0.1) is 0 Å². The van der Waals surface area contributed by atoms with Gasteiger partial charge in [0.1, 0.15) is 5.82 Å². The standard InChI is InChI=1S/C13H20BrN3/c1-3-16-4-6-17(7-5-16)13-11(2)8-12(9-14)10-15-13/h8,10H,3-7,9H2,1-2H3. The number of likely N-dealkylation sites (N-methyl/N-ethyl adjacent to an activating group) is 1. The van der Waals surface area contributed by atoms with Gasteiger partial charge >= 0.3 is 0 Å². The van der Waals surface area contributed by atoms with E-state index in [0.29, 0.717) is 0 Å². The van der Waals surface area contributed by atoms with E-state index in [1.807, 2.05) is 6.20 Å². The van der Waals surface area contributed by atoms with Gasteiger partial charge in [-0.1, -0.05) is 28.9 Å². The lowest BCUT2D eigenvalue weighted by Gasteiger charge is -2.35. The molecule has 1 aliphatic heterocycles. The number of rotatable bonds is 3. The summed E-state index contributed by atoms with van der Waals surface area (Å²) in [5.74, 6) is 1.16. The topological polar surface area (TPSA) is 19.4 Å². The summed E-state index contributed by atoms with van der Waals surface area (Å²) in [6.45, 7) is 10.0. The summed E-state index contributed by atoms with van der Waals surface area (Å²) < 4.78 is 0. The second kappa shape index (κ2) is 5.83.